The standard InChI is InChI=1S/C21H25ClN2O4S/c1-12(2)14-8-7-13(25)10-24(20(28)16(14)9-19(26)27)21-23-18(11-29-21)15-5-3-4-6-17(15)22/h3-6,11-14,16,25H,7-10H2,1-2H3,(H,26,27)/t13-,14-,16+/m1/s1. The molecule has 3 rings (SSSR count). The molecule has 2 heterocycles. The molecule has 1 aliphatic heterocycles. The number of rotatable bonds is 5. The molecule has 0 saturated carbocycles. The number of aliphatic hydroxyl groups is 1. The molecule has 8 heteroatoms. The number of aliphatic carboxylic acids is 1. The van der Waals surface area contributed by atoms with Crippen molar-refractivity contribution in [2.75, 3.05) is 11.4 Å². The van der Waals surface area contributed by atoms with Crippen LogP contribution in [0.15, 0.2) is 29.6 Å². The summed E-state index contributed by atoms with van der Waals surface area (Å²) < 4.78 is 0. The molecule has 0 aliphatic carbocycles. The molecule has 2 N–H and O–H groups in total. The molecular formula is C21H25ClN2O4S. The van der Waals surface area contributed by atoms with Gasteiger partial charge in [0.2, 0.25) is 5.91 Å². The van der Waals surface area contributed by atoms with Gasteiger partial charge in [-0.15, -0.1) is 11.3 Å². The van der Waals surface area contributed by atoms with Crippen molar-refractivity contribution in [2.24, 2.45) is 17.8 Å². The van der Waals surface area contributed by atoms with E-state index < -0.39 is 18.0 Å². The number of carboxylic acids is 1. The molecule has 1 amide bonds. The molecule has 0 radical (unpaired) electrons. The van der Waals surface area contributed by atoms with Gasteiger partial charge < -0.3 is 10.2 Å². The van der Waals surface area contributed by atoms with Crippen LogP contribution in [0.5, 0.6) is 0 Å². The van der Waals surface area contributed by atoms with Crippen molar-refractivity contribution in [2.45, 2.75) is 39.2 Å². The summed E-state index contributed by atoms with van der Waals surface area (Å²) in [5, 5.41) is 22.7. The van der Waals surface area contributed by atoms with Gasteiger partial charge in [0, 0.05) is 16.0 Å². The summed E-state index contributed by atoms with van der Waals surface area (Å²) in [5.74, 6) is -1.91. The van der Waals surface area contributed by atoms with Crippen LogP contribution in [0.4, 0.5) is 5.13 Å². The lowest BCUT2D eigenvalue weighted by molar-refractivity contribution is -0.142. The maximum Gasteiger partial charge on any atom is 0.304 e. The van der Waals surface area contributed by atoms with Crippen LogP contribution in [-0.2, 0) is 9.59 Å². The fourth-order valence-corrected chi connectivity index (χ4v) is 5.01. The first-order chi connectivity index (χ1) is 13.8. The Morgan fingerprint density at radius 1 is 1.34 bits per heavy atom. The molecule has 0 spiro atoms. The molecule has 1 aliphatic rings. The number of carboxylic acid groups (broad SMARTS) is 1. The second kappa shape index (κ2) is 9.24. The van der Waals surface area contributed by atoms with Gasteiger partial charge in [0.05, 0.1) is 30.7 Å². The number of β-amino-alcohol motifs (C(OH)–C–C–N with tert-alkyl or cyclic N) is 1. The monoisotopic (exact) mass is 436 g/mol. The van der Waals surface area contributed by atoms with Crippen LogP contribution in [0.2, 0.25) is 5.02 Å². The molecule has 0 bridgehead atoms. The Balaban J connectivity index is 1.97. The lowest BCUT2D eigenvalue weighted by Gasteiger charge is -2.36. The first kappa shape index (κ1) is 21.7. The fourth-order valence-electron chi connectivity index (χ4n) is 3.94. The number of hydrogen-bond donors (Lipinski definition) is 2. The first-order valence-electron chi connectivity index (χ1n) is 9.69. The maximum absolute atomic E-state index is 13.4. The summed E-state index contributed by atoms with van der Waals surface area (Å²) in [5.41, 5.74) is 1.41. The number of thiazole rings is 1. The largest absolute Gasteiger partial charge is 0.481 e. The van der Waals surface area contributed by atoms with E-state index in [1.54, 1.807) is 6.07 Å². The molecule has 29 heavy (non-hydrogen) atoms. The third-order valence-electron chi connectivity index (χ3n) is 5.45. The van der Waals surface area contributed by atoms with Gasteiger partial charge in [0.25, 0.3) is 0 Å². The van der Waals surface area contributed by atoms with Crippen molar-refractivity contribution in [1.82, 2.24) is 4.98 Å². The summed E-state index contributed by atoms with van der Waals surface area (Å²) >= 11 is 7.56. The highest BCUT2D eigenvalue weighted by molar-refractivity contribution is 7.14. The van der Waals surface area contributed by atoms with E-state index in [1.165, 1.54) is 16.2 Å². The number of amides is 1. The summed E-state index contributed by atoms with van der Waals surface area (Å²) in [7, 11) is 0. The normalized spacial score (nSPS) is 23.1. The average Bonchev–Trinajstić information content (AvgIpc) is 3.13. The number of nitrogens with zero attached hydrogens (tertiary/aromatic N) is 2. The van der Waals surface area contributed by atoms with E-state index in [4.69, 9.17) is 11.6 Å². The Kier molecular flexibility index (Phi) is 6.93. The van der Waals surface area contributed by atoms with Crippen molar-refractivity contribution in [1.29, 1.82) is 0 Å². The molecule has 6 nitrogen and oxygen atoms in total. The first-order valence-corrected chi connectivity index (χ1v) is 10.9. The minimum atomic E-state index is -0.994. The van der Waals surface area contributed by atoms with Crippen molar-refractivity contribution in [3.63, 3.8) is 0 Å². The lowest BCUT2D eigenvalue weighted by Crippen LogP contribution is -2.47. The third-order valence-corrected chi connectivity index (χ3v) is 6.64. The van der Waals surface area contributed by atoms with E-state index in [0.29, 0.717) is 28.7 Å². The predicted molar refractivity (Wildman–Crippen MR) is 114 cm³/mol. The number of carbonyl (C=O) groups excluding carboxylic acids is 1. The van der Waals surface area contributed by atoms with Crippen LogP contribution in [0.1, 0.15) is 33.1 Å². The van der Waals surface area contributed by atoms with Crippen molar-refractivity contribution < 1.29 is 19.8 Å². The lowest BCUT2D eigenvalue weighted by atomic mass is 9.76. The van der Waals surface area contributed by atoms with Crippen LogP contribution in [-0.4, -0.2) is 39.7 Å². The summed E-state index contributed by atoms with van der Waals surface area (Å²) in [6, 6.07) is 7.32. The number of benzene rings is 1. The number of aromatic nitrogens is 1. The highest BCUT2D eigenvalue weighted by Crippen LogP contribution is 2.37. The van der Waals surface area contributed by atoms with E-state index in [-0.39, 0.29) is 30.7 Å². The molecular weight excluding hydrogens is 412 g/mol. The Morgan fingerprint density at radius 3 is 2.72 bits per heavy atom. The molecule has 1 saturated heterocycles. The van der Waals surface area contributed by atoms with Crippen LogP contribution < -0.4 is 4.90 Å². The molecule has 3 atom stereocenters. The quantitative estimate of drug-likeness (QED) is 0.728. The van der Waals surface area contributed by atoms with Crippen LogP contribution in [0, 0.1) is 17.8 Å². The van der Waals surface area contributed by atoms with E-state index in [1.807, 2.05) is 37.4 Å². The van der Waals surface area contributed by atoms with E-state index in [0.717, 1.165) is 5.56 Å². The Labute approximate surface area is 179 Å². The van der Waals surface area contributed by atoms with Gasteiger partial charge in [0.1, 0.15) is 0 Å². The van der Waals surface area contributed by atoms with E-state index in [9.17, 15) is 19.8 Å². The van der Waals surface area contributed by atoms with Crippen LogP contribution in [0.3, 0.4) is 0 Å². The number of carbonyl (C=O) groups is 2. The average molecular weight is 437 g/mol. The highest BCUT2D eigenvalue weighted by Gasteiger charge is 2.39. The minimum absolute atomic E-state index is 0.106. The maximum atomic E-state index is 13.4. The zero-order chi connectivity index (χ0) is 21.1. The zero-order valence-electron chi connectivity index (χ0n) is 16.4. The smallest absolute Gasteiger partial charge is 0.304 e. The van der Waals surface area contributed by atoms with Crippen LogP contribution in [0.25, 0.3) is 11.3 Å². The molecule has 1 fully saturated rings. The van der Waals surface area contributed by atoms with Gasteiger partial charge in [-0.25, -0.2) is 4.98 Å². The molecule has 1 aromatic heterocycles. The fraction of sp³-hybridized carbons (Fsp3) is 0.476. The van der Waals surface area contributed by atoms with Gasteiger partial charge in [-0.05, 0) is 30.7 Å². The third kappa shape index (κ3) is 4.97. The number of hydrogen-bond acceptors (Lipinski definition) is 5. The van der Waals surface area contributed by atoms with Gasteiger partial charge in [-0.1, -0.05) is 43.6 Å². The highest BCUT2D eigenvalue weighted by atomic mass is 35.5. The molecule has 1 aromatic carbocycles. The van der Waals surface area contributed by atoms with Gasteiger partial charge >= 0.3 is 5.97 Å². The van der Waals surface area contributed by atoms with Gasteiger partial charge in [-0.3, -0.25) is 14.5 Å². The van der Waals surface area contributed by atoms with E-state index in [2.05, 4.69) is 4.98 Å². The van der Waals surface area contributed by atoms with Crippen molar-refractivity contribution in [3.05, 3.63) is 34.7 Å². The van der Waals surface area contributed by atoms with Gasteiger partial charge in [-0.2, -0.15) is 0 Å². The Hall–Kier alpha value is -1.96. The topological polar surface area (TPSA) is 90.7 Å². The Morgan fingerprint density at radius 2 is 2.07 bits per heavy atom. The molecule has 2 aromatic rings. The Bertz CT molecular complexity index is 885. The molecule has 0 unspecified atom stereocenters. The summed E-state index contributed by atoms with van der Waals surface area (Å²) in [6.07, 6.45) is 0.236. The number of anilines is 1. The molecule has 156 valence electrons. The van der Waals surface area contributed by atoms with Crippen molar-refractivity contribution in [3.8, 4) is 11.3 Å². The van der Waals surface area contributed by atoms with Crippen molar-refractivity contribution >= 4 is 39.9 Å². The predicted octanol–water partition coefficient (Wildman–Crippen LogP) is 4.31. The van der Waals surface area contributed by atoms with Gasteiger partial charge in [0.15, 0.2) is 5.13 Å². The van der Waals surface area contributed by atoms with Crippen LogP contribution >= 0.6 is 22.9 Å². The number of aliphatic hydroxyl groups excluding tert-OH is 1. The second-order valence-corrected chi connectivity index (χ2v) is 9.03. The minimum Gasteiger partial charge on any atom is -0.481 e. The number of halogens is 1. The summed E-state index contributed by atoms with van der Waals surface area (Å²) in [4.78, 5) is 30.9. The summed E-state index contributed by atoms with van der Waals surface area (Å²) in [6.45, 7) is 4.09. The van der Waals surface area contributed by atoms with E-state index >= 15 is 0 Å². The second-order valence-electron chi connectivity index (χ2n) is 7.79. The zero-order valence-corrected chi connectivity index (χ0v) is 18.0. The SMILES string of the molecule is CC(C)[C@H]1CC[C@@H](O)CN(c2nc(-c3ccccc3Cl)cs2)C(=O)[C@H]1CC(=O)O.